The summed E-state index contributed by atoms with van der Waals surface area (Å²) in [4.78, 5) is 12.9. The average molecular weight is 282 g/mol. The molecule has 0 heterocycles. The van der Waals surface area contributed by atoms with E-state index >= 15 is 0 Å². The van der Waals surface area contributed by atoms with Crippen LogP contribution in [0.4, 0.5) is 4.39 Å². The number of nitrogens with two attached hydrogens (primary N) is 1. The molecule has 1 aromatic rings. The van der Waals surface area contributed by atoms with Crippen LogP contribution < -0.4 is 11.1 Å². The van der Waals surface area contributed by atoms with Gasteiger partial charge in [0.15, 0.2) is 5.84 Å². The summed E-state index contributed by atoms with van der Waals surface area (Å²) in [7, 11) is 3.37. The van der Waals surface area contributed by atoms with Crippen LogP contribution in [0.15, 0.2) is 23.4 Å². The topological polar surface area (TPSA) is 91.0 Å². The quantitative estimate of drug-likeness (QED) is 0.233. The van der Waals surface area contributed by atoms with E-state index in [1.54, 1.807) is 26.2 Å². The van der Waals surface area contributed by atoms with Gasteiger partial charge in [-0.2, -0.15) is 0 Å². The molecule has 20 heavy (non-hydrogen) atoms. The molecule has 0 bridgehead atoms. The SMILES string of the molecule is CN(C)C(=O)CCNCc1cccc(/C(N)=N/O)c1F. The number of oxime groups is 1. The van der Waals surface area contributed by atoms with E-state index in [0.29, 0.717) is 18.5 Å². The predicted octanol–water partition coefficient (Wildman–Crippen LogP) is 0.488. The highest BCUT2D eigenvalue weighted by Gasteiger charge is 2.11. The number of carbonyl (C=O) groups excluding carboxylic acids is 1. The molecule has 0 fully saturated rings. The first-order valence-electron chi connectivity index (χ1n) is 6.13. The van der Waals surface area contributed by atoms with Crippen LogP contribution >= 0.6 is 0 Å². The normalized spacial score (nSPS) is 11.4. The van der Waals surface area contributed by atoms with Crippen LogP contribution in [-0.4, -0.2) is 42.5 Å². The molecule has 0 radical (unpaired) electrons. The van der Waals surface area contributed by atoms with Crippen molar-refractivity contribution in [3.8, 4) is 0 Å². The van der Waals surface area contributed by atoms with E-state index in [-0.39, 0.29) is 23.9 Å². The number of halogens is 1. The molecule has 0 spiro atoms. The van der Waals surface area contributed by atoms with Gasteiger partial charge in [0.2, 0.25) is 5.91 Å². The van der Waals surface area contributed by atoms with Crippen LogP contribution in [0.1, 0.15) is 17.5 Å². The lowest BCUT2D eigenvalue weighted by Crippen LogP contribution is -2.26. The summed E-state index contributed by atoms with van der Waals surface area (Å²) in [5, 5.41) is 14.3. The van der Waals surface area contributed by atoms with Crippen LogP contribution in [0.2, 0.25) is 0 Å². The Labute approximate surface area is 117 Å². The van der Waals surface area contributed by atoms with E-state index in [0.717, 1.165) is 0 Å². The maximum atomic E-state index is 14.0. The number of carbonyl (C=O) groups is 1. The van der Waals surface area contributed by atoms with E-state index in [4.69, 9.17) is 10.9 Å². The number of amidine groups is 1. The molecule has 6 nitrogen and oxygen atoms in total. The summed E-state index contributed by atoms with van der Waals surface area (Å²) in [5.74, 6) is -0.801. The maximum Gasteiger partial charge on any atom is 0.223 e. The Balaban J connectivity index is 2.59. The predicted molar refractivity (Wildman–Crippen MR) is 73.9 cm³/mol. The Bertz CT molecular complexity index is 503. The zero-order valence-electron chi connectivity index (χ0n) is 11.6. The Morgan fingerprint density at radius 3 is 2.80 bits per heavy atom. The van der Waals surface area contributed by atoms with Crippen LogP contribution in [0.3, 0.4) is 0 Å². The minimum atomic E-state index is -0.533. The van der Waals surface area contributed by atoms with Gasteiger partial charge in [-0.15, -0.1) is 0 Å². The fourth-order valence-electron chi connectivity index (χ4n) is 1.61. The number of hydrogen-bond acceptors (Lipinski definition) is 4. The Morgan fingerprint density at radius 1 is 1.50 bits per heavy atom. The van der Waals surface area contributed by atoms with Gasteiger partial charge in [0.1, 0.15) is 5.82 Å². The molecule has 0 aliphatic heterocycles. The van der Waals surface area contributed by atoms with E-state index < -0.39 is 5.82 Å². The minimum absolute atomic E-state index is 0.00313. The van der Waals surface area contributed by atoms with Crippen LogP contribution in [0.25, 0.3) is 0 Å². The van der Waals surface area contributed by atoms with E-state index in [2.05, 4.69) is 10.5 Å². The number of hydrogen-bond donors (Lipinski definition) is 3. The first-order valence-corrected chi connectivity index (χ1v) is 6.13. The monoisotopic (exact) mass is 282 g/mol. The van der Waals surface area contributed by atoms with Gasteiger partial charge in [-0.1, -0.05) is 17.3 Å². The molecule has 0 aliphatic carbocycles. The lowest BCUT2D eigenvalue weighted by molar-refractivity contribution is -0.128. The fraction of sp³-hybridized carbons (Fsp3) is 0.385. The second kappa shape index (κ2) is 7.44. The van der Waals surface area contributed by atoms with Gasteiger partial charge in [-0.05, 0) is 6.07 Å². The van der Waals surface area contributed by atoms with Crippen molar-refractivity contribution in [3.05, 3.63) is 35.1 Å². The summed E-state index contributed by atoms with van der Waals surface area (Å²) >= 11 is 0. The molecule has 1 amide bonds. The third-order valence-corrected chi connectivity index (χ3v) is 2.79. The fourth-order valence-corrected chi connectivity index (χ4v) is 1.61. The Morgan fingerprint density at radius 2 is 2.20 bits per heavy atom. The van der Waals surface area contributed by atoms with E-state index in [1.165, 1.54) is 11.0 Å². The maximum absolute atomic E-state index is 14.0. The largest absolute Gasteiger partial charge is 0.409 e. The Kier molecular flexibility index (Phi) is 5.92. The molecule has 0 aliphatic rings. The second-order valence-electron chi connectivity index (χ2n) is 4.48. The lowest BCUT2D eigenvalue weighted by atomic mass is 10.1. The lowest BCUT2D eigenvalue weighted by Gasteiger charge is -2.11. The van der Waals surface area contributed by atoms with E-state index in [1.807, 2.05) is 0 Å². The van der Waals surface area contributed by atoms with Gasteiger partial charge in [0, 0.05) is 39.2 Å². The molecular formula is C13H19FN4O2. The first-order chi connectivity index (χ1) is 9.47. The van der Waals surface area contributed by atoms with Crippen LogP contribution in [0, 0.1) is 5.82 Å². The van der Waals surface area contributed by atoms with Crippen molar-refractivity contribution >= 4 is 11.7 Å². The number of rotatable bonds is 6. The molecule has 110 valence electrons. The van der Waals surface area contributed by atoms with Gasteiger partial charge in [-0.25, -0.2) is 4.39 Å². The van der Waals surface area contributed by atoms with Crippen molar-refractivity contribution in [1.82, 2.24) is 10.2 Å². The number of nitrogens with one attached hydrogen (secondary N) is 1. The molecule has 0 saturated heterocycles. The molecule has 0 aromatic heterocycles. The highest BCUT2D eigenvalue weighted by Crippen LogP contribution is 2.12. The molecular weight excluding hydrogens is 263 g/mol. The zero-order chi connectivity index (χ0) is 15.1. The highest BCUT2D eigenvalue weighted by molar-refractivity contribution is 5.97. The third-order valence-electron chi connectivity index (χ3n) is 2.79. The van der Waals surface area contributed by atoms with Gasteiger partial charge in [-0.3, -0.25) is 4.79 Å². The van der Waals surface area contributed by atoms with Crippen LogP contribution in [0.5, 0.6) is 0 Å². The average Bonchev–Trinajstić information content (AvgIpc) is 2.43. The summed E-state index contributed by atoms with van der Waals surface area (Å²) in [6.45, 7) is 0.712. The smallest absolute Gasteiger partial charge is 0.223 e. The number of amides is 1. The van der Waals surface area contributed by atoms with Crippen molar-refractivity contribution in [1.29, 1.82) is 0 Å². The van der Waals surface area contributed by atoms with Crippen molar-refractivity contribution < 1.29 is 14.4 Å². The summed E-state index contributed by atoms with van der Waals surface area (Å²) in [6, 6.07) is 4.66. The van der Waals surface area contributed by atoms with Gasteiger partial charge >= 0.3 is 0 Å². The third kappa shape index (κ3) is 4.20. The van der Waals surface area contributed by atoms with Gasteiger partial charge in [0.25, 0.3) is 0 Å². The van der Waals surface area contributed by atoms with E-state index in [9.17, 15) is 9.18 Å². The Hall–Kier alpha value is -2.15. The molecule has 0 saturated carbocycles. The zero-order valence-corrected chi connectivity index (χ0v) is 11.6. The minimum Gasteiger partial charge on any atom is -0.409 e. The second-order valence-corrected chi connectivity index (χ2v) is 4.48. The molecule has 0 atom stereocenters. The van der Waals surface area contributed by atoms with Crippen molar-refractivity contribution in [2.45, 2.75) is 13.0 Å². The summed E-state index contributed by atoms with van der Waals surface area (Å²) in [6.07, 6.45) is 0.342. The van der Waals surface area contributed by atoms with Gasteiger partial charge < -0.3 is 21.2 Å². The molecule has 0 unspecified atom stereocenters. The summed E-state index contributed by atoms with van der Waals surface area (Å²) in [5.41, 5.74) is 5.83. The van der Waals surface area contributed by atoms with Crippen molar-refractivity contribution in [2.75, 3.05) is 20.6 Å². The van der Waals surface area contributed by atoms with Gasteiger partial charge in [0.05, 0.1) is 5.56 Å². The standard InChI is InChI=1S/C13H19FN4O2/c1-18(2)11(19)6-7-16-8-9-4-3-5-10(12(9)14)13(15)17-20/h3-5,16,20H,6-8H2,1-2H3,(H2,15,17). The molecule has 7 heteroatoms. The first kappa shape index (κ1) is 15.9. The van der Waals surface area contributed by atoms with Crippen molar-refractivity contribution in [3.63, 3.8) is 0 Å². The van der Waals surface area contributed by atoms with Crippen LogP contribution in [-0.2, 0) is 11.3 Å². The molecule has 1 aromatic carbocycles. The van der Waals surface area contributed by atoms with Crippen molar-refractivity contribution in [2.24, 2.45) is 10.9 Å². The summed E-state index contributed by atoms with van der Waals surface area (Å²) < 4.78 is 14.0. The number of benzene rings is 1. The molecule has 1 rings (SSSR count). The number of nitrogens with zero attached hydrogens (tertiary/aromatic N) is 2. The molecule has 4 N–H and O–H groups in total. The highest BCUT2D eigenvalue weighted by atomic mass is 19.1.